The second-order valence-corrected chi connectivity index (χ2v) is 3.57. The highest BCUT2D eigenvalue weighted by atomic mass is 16.5. The average molecular weight is 193 g/mol. The molecule has 0 bridgehead atoms. The summed E-state index contributed by atoms with van der Waals surface area (Å²) >= 11 is 0. The first-order chi connectivity index (χ1) is 6.83. The Hall–Kier alpha value is -1.16. The van der Waals surface area contributed by atoms with Crippen LogP contribution >= 0.6 is 0 Å². The summed E-state index contributed by atoms with van der Waals surface area (Å²) < 4.78 is 5.13. The summed E-state index contributed by atoms with van der Waals surface area (Å²) in [4.78, 5) is 8.78. The summed E-state index contributed by atoms with van der Waals surface area (Å²) in [5.74, 6) is 2.14. The Morgan fingerprint density at radius 2 is 2.29 bits per heavy atom. The van der Waals surface area contributed by atoms with Crippen LogP contribution in [-0.2, 0) is 6.42 Å². The molecule has 0 aliphatic heterocycles. The van der Waals surface area contributed by atoms with Crippen molar-refractivity contribution in [1.82, 2.24) is 9.97 Å². The minimum atomic E-state index is 0.557. The molecule has 76 valence electrons. The fraction of sp³-hybridized carbons (Fsp3) is 0.600. The SMILES string of the molecule is COc1cc(CCN)nc(C2CC2)n1. The van der Waals surface area contributed by atoms with Crippen molar-refractivity contribution in [1.29, 1.82) is 0 Å². The number of nitrogens with two attached hydrogens (primary N) is 1. The lowest BCUT2D eigenvalue weighted by Crippen LogP contribution is -2.07. The van der Waals surface area contributed by atoms with Crippen LogP contribution in [0.5, 0.6) is 5.88 Å². The van der Waals surface area contributed by atoms with Crippen molar-refractivity contribution in [3.05, 3.63) is 17.6 Å². The molecule has 1 aromatic heterocycles. The average Bonchev–Trinajstić information content (AvgIpc) is 3.01. The first kappa shape index (κ1) is 9.40. The van der Waals surface area contributed by atoms with Crippen LogP contribution < -0.4 is 10.5 Å². The van der Waals surface area contributed by atoms with Gasteiger partial charge in [-0.2, -0.15) is 4.98 Å². The van der Waals surface area contributed by atoms with Crippen LogP contribution in [0.4, 0.5) is 0 Å². The van der Waals surface area contributed by atoms with Gasteiger partial charge in [-0.3, -0.25) is 0 Å². The van der Waals surface area contributed by atoms with Crippen LogP contribution in [0.1, 0.15) is 30.3 Å². The Bertz CT molecular complexity index is 323. The molecular formula is C10H15N3O. The number of hydrogen-bond donors (Lipinski definition) is 1. The van der Waals surface area contributed by atoms with Crippen molar-refractivity contribution >= 4 is 0 Å². The molecule has 0 radical (unpaired) electrons. The molecule has 1 aliphatic carbocycles. The zero-order valence-electron chi connectivity index (χ0n) is 8.36. The van der Waals surface area contributed by atoms with Crippen LogP contribution in [0.25, 0.3) is 0 Å². The van der Waals surface area contributed by atoms with Gasteiger partial charge in [-0.25, -0.2) is 4.98 Å². The molecule has 1 fully saturated rings. The topological polar surface area (TPSA) is 61.0 Å². The highest BCUT2D eigenvalue weighted by molar-refractivity contribution is 5.20. The molecule has 2 N–H and O–H groups in total. The number of methoxy groups -OCH3 is 1. The molecule has 0 atom stereocenters. The summed E-state index contributed by atoms with van der Waals surface area (Å²) in [5, 5.41) is 0. The molecule has 0 aromatic carbocycles. The summed E-state index contributed by atoms with van der Waals surface area (Å²) in [7, 11) is 1.63. The molecule has 0 spiro atoms. The molecular weight excluding hydrogens is 178 g/mol. The van der Waals surface area contributed by atoms with E-state index in [0.29, 0.717) is 18.3 Å². The molecule has 14 heavy (non-hydrogen) atoms. The maximum Gasteiger partial charge on any atom is 0.216 e. The molecule has 0 unspecified atom stereocenters. The zero-order valence-corrected chi connectivity index (χ0v) is 8.36. The summed E-state index contributed by atoms with van der Waals surface area (Å²) in [6, 6.07) is 1.86. The van der Waals surface area contributed by atoms with E-state index in [0.717, 1.165) is 17.9 Å². The fourth-order valence-electron chi connectivity index (χ4n) is 1.40. The summed E-state index contributed by atoms with van der Waals surface area (Å²) in [6.45, 7) is 0.615. The van der Waals surface area contributed by atoms with Crippen molar-refractivity contribution in [2.45, 2.75) is 25.2 Å². The number of rotatable bonds is 4. The second kappa shape index (κ2) is 3.92. The Labute approximate surface area is 83.5 Å². The van der Waals surface area contributed by atoms with Crippen LogP contribution in [0.2, 0.25) is 0 Å². The normalized spacial score (nSPS) is 15.6. The third-order valence-electron chi connectivity index (χ3n) is 2.33. The van der Waals surface area contributed by atoms with Crippen LogP contribution in [-0.4, -0.2) is 23.6 Å². The largest absolute Gasteiger partial charge is 0.481 e. The van der Waals surface area contributed by atoms with E-state index in [1.807, 2.05) is 6.07 Å². The van der Waals surface area contributed by atoms with Gasteiger partial charge in [0.1, 0.15) is 5.82 Å². The monoisotopic (exact) mass is 193 g/mol. The van der Waals surface area contributed by atoms with Crippen molar-refractivity contribution in [2.24, 2.45) is 5.73 Å². The van der Waals surface area contributed by atoms with Crippen LogP contribution in [0.3, 0.4) is 0 Å². The number of nitrogens with zero attached hydrogens (tertiary/aromatic N) is 2. The van der Waals surface area contributed by atoms with Gasteiger partial charge in [0.2, 0.25) is 5.88 Å². The molecule has 0 saturated heterocycles. The van der Waals surface area contributed by atoms with Crippen molar-refractivity contribution < 1.29 is 4.74 Å². The molecule has 4 nitrogen and oxygen atoms in total. The first-order valence-corrected chi connectivity index (χ1v) is 4.95. The van der Waals surface area contributed by atoms with Gasteiger partial charge in [-0.05, 0) is 19.4 Å². The molecule has 1 aromatic rings. The highest BCUT2D eigenvalue weighted by Crippen LogP contribution is 2.38. The maximum atomic E-state index is 5.49. The quantitative estimate of drug-likeness (QED) is 0.770. The van der Waals surface area contributed by atoms with Gasteiger partial charge >= 0.3 is 0 Å². The molecule has 1 heterocycles. The Kier molecular flexibility index (Phi) is 2.63. The van der Waals surface area contributed by atoms with Crippen molar-refractivity contribution in [3.63, 3.8) is 0 Å². The Morgan fingerprint density at radius 1 is 1.50 bits per heavy atom. The lowest BCUT2D eigenvalue weighted by molar-refractivity contribution is 0.393. The third kappa shape index (κ3) is 2.01. The minimum absolute atomic E-state index is 0.557. The smallest absolute Gasteiger partial charge is 0.216 e. The molecule has 2 rings (SSSR count). The van der Waals surface area contributed by atoms with Gasteiger partial charge in [-0.15, -0.1) is 0 Å². The van der Waals surface area contributed by atoms with Gasteiger partial charge in [0.15, 0.2) is 0 Å². The lowest BCUT2D eigenvalue weighted by atomic mass is 10.3. The predicted octanol–water partition coefficient (Wildman–Crippen LogP) is 0.864. The first-order valence-electron chi connectivity index (χ1n) is 4.95. The standard InChI is InChI=1S/C10H15N3O/c1-14-9-6-8(4-5-11)12-10(13-9)7-2-3-7/h6-7H,2-5,11H2,1H3. The van der Waals surface area contributed by atoms with Gasteiger partial charge in [-0.1, -0.05) is 0 Å². The predicted molar refractivity (Wildman–Crippen MR) is 53.3 cm³/mol. The van der Waals surface area contributed by atoms with E-state index in [4.69, 9.17) is 10.5 Å². The van der Waals surface area contributed by atoms with E-state index in [-0.39, 0.29) is 0 Å². The number of aromatic nitrogens is 2. The van der Waals surface area contributed by atoms with E-state index in [1.54, 1.807) is 7.11 Å². The fourth-order valence-corrected chi connectivity index (χ4v) is 1.40. The summed E-state index contributed by atoms with van der Waals surface area (Å²) in [6.07, 6.45) is 3.20. The van der Waals surface area contributed by atoms with E-state index < -0.39 is 0 Å². The van der Waals surface area contributed by atoms with E-state index in [1.165, 1.54) is 12.8 Å². The molecule has 1 aliphatic rings. The highest BCUT2D eigenvalue weighted by Gasteiger charge is 2.27. The van der Waals surface area contributed by atoms with E-state index in [2.05, 4.69) is 9.97 Å². The zero-order chi connectivity index (χ0) is 9.97. The van der Waals surface area contributed by atoms with E-state index in [9.17, 15) is 0 Å². The van der Waals surface area contributed by atoms with Gasteiger partial charge in [0.05, 0.1) is 7.11 Å². The van der Waals surface area contributed by atoms with Gasteiger partial charge in [0, 0.05) is 24.1 Å². The summed E-state index contributed by atoms with van der Waals surface area (Å²) in [5.41, 5.74) is 6.48. The molecule has 4 heteroatoms. The second-order valence-electron chi connectivity index (χ2n) is 3.57. The van der Waals surface area contributed by atoms with Crippen LogP contribution in [0, 0.1) is 0 Å². The molecule has 0 amide bonds. The maximum absolute atomic E-state index is 5.49. The van der Waals surface area contributed by atoms with Gasteiger partial charge < -0.3 is 10.5 Å². The van der Waals surface area contributed by atoms with Gasteiger partial charge in [0.25, 0.3) is 0 Å². The Morgan fingerprint density at radius 3 is 2.86 bits per heavy atom. The van der Waals surface area contributed by atoms with Crippen LogP contribution in [0.15, 0.2) is 6.07 Å². The Balaban J connectivity index is 2.26. The molecule has 1 saturated carbocycles. The van der Waals surface area contributed by atoms with Crippen molar-refractivity contribution in [2.75, 3.05) is 13.7 Å². The number of hydrogen-bond acceptors (Lipinski definition) is 4. The lowest BCUT2D eigenvalue weighted by Gasteiger charge is -2.05. The van der Waals surface area contributed by atoms with Crippen molar-refractivity contribution in [3.8, 4) is 5.88 Å². The minimum Gasteiger partial charge on any atom is -0.481 e. The van der Waals surface area contributed by atoms with E-state index >= 15 is 0 Å². The number of ether oxygens (including phenoxy) is 1. The third-order valence-corrected chi connectivity index (χ3v) is 2.33.